The molecule has 102 valence electrons. The third kappa shape index (κ3) is 2.22. The standard InChI is InChI=1S/C13H7ClF3N3/c14-8-5-7(13(15,16)17)6-18-11(8)12-19-9-3-1-2-4-10(9)20-12/h1-6H,(H,19,20). The van der Waals surface area contributed by atoms with Crippen LogP contribution in [0.1, 0.15) is 5.56 Å². The van der Waals surface area contributed by atoms with Crippen molar-refractivity contribution in [1.29, 1.82) is 0 Å². The normalized spacial score (nSPS) is 12.0. The predicted octanol–water partition coefficient (Wildman–Crippen LogP) is 4.30. The molecule has 1 aromatic carbocycles. The Hall–Kier alpha value is -2.08. The van der Waals surface area contributed by atoms with E-state index in [9.17, 15) is 13.2 Å². The minimum absolute atomic E-state index is 0.0983. The van der Waals surface area contributed by atoms with Gasteiger partial charge in [-0.15, -0.1) is 0 Å². The van der Waals surface area contributed by atoms with Gasteiger partial charge in [0.2, 0.25) is 0 Å². The Bertz CT molecular complexity index is 747. The molecule has 0 aliphatic rings. The number of imidazole rings is 1. The van der Waals surface area contributed by atoms with Crippen LogP contribution in [0, 0.1) is 0 Å². The highest BCUT2D eigenvalue weighted by molar-refractivity contribution is 6.33. The van der Waals surface area contributed by atoms with Crippen molar-refractivity contribution in [3.63, 3.8) is 0 Å². The van der Waals surface area contributed by atoms with Gasteiger partial charge in [-0.05, 0) is 18.2 Å². The molecule has 7 heteroatoms. The molecule has 3 aromatic rings. The van der Waals surface area contributed by atoms with Crippen molar-refractivity contribution in [3.05, 3.63) is 47.1 Å². The Labute approximate surface area is 116 Å². The highest BCUT2D eigenvalue weighted by Gasteiger charge is 2.31. The molecule has 2 aromatic heterocycles. The summed E-state index contributed by atoms with van der Waals surface area (Å²) in [6.07, 6.45) is -3.72. The number of hydrogen-bond acceptors (Lipinski definition) is 2. The number of para-hydroxylation sites is 2. The van der Waals surface area contributed by atoms with Crippen LogP contribution >= 0.6 is 11.6 Å². The molecule has 0 amide bonds. The molecule has 2 heterocycles. The largest absolute Gasteiger partial charge is 0.417 e. The molecule has 3 rings (SSSR count). The molecule has 0 atom stereocenters. The van der Waals surface area contributed by atoms with Crippen molar-refractivity contribution in [2.24, 2.45) is 0 Å². The van der Waals surface area contributed by atoms with Gasteiger partial charge < -0.3 is 4.98 Å². The van der Waals surface area contributed by atoms with Crippen molar-refractivity contribution >= 4 is 22.6 Å². The molecular formula is C13H7ClF3N3. The van der Waals surface area contributed by atoms with Crippen LogP contribution in [0.5, 0.6) is 0 Å². The van der Waals surface area contributed by atoms with Crippen molar-refractivity contribution in [2.75, 3.05) is 0 Å². The second-order valence-electron chi connectivity index (χ2n) is 4.15. The maximum Gasteiger partial charge on any atom is 0.417 e. The summed E-state index contributed by atoms with van der Waals surface area (Å²) >= 11 is 5.88. The summed E-state index contributed by atoms with van der Waals surface area (Å²) in [5.74, 6) is 0.338. The van der Waals surface area contributed by atoms with Crippen molar-refractivity contribution in [3.8, 4) is 11.5 Å². The van der Waals surface area contributed by atoms with Gasteiger partial charge in [0.05, 0.1) is 21.6 Å². The second kappa shape index (κ2) is 4.49. The molecule has 0 bridgehead atoms. The van der Waals surface area contributed by atoms with E-state index in [0.717, 1.165) is 17.8 Å². The topological polar surface area (TPSA) is 41.6 Å². The molecule has 0 unspecified atom stereocenters. The quantitative estimate of drug-likeness (QED) is 0.727. The maximum atomic E-state index is 12.5. The molecule has 1 N–H and O–H groups in total. The molecule has 0 aliphatic heterocycles. The number of rotatable bonds is 1. The number of aromatic nitrogens is 3. The van der Waals surface area contributed by atoms with Gasteiger partial charge in [0.15, 0.2) is 5.82 Å². The number of hydrogen-bond donors (Lipinski definition) is 1. The molecule has 0 spiro atoms. The number of aromatic amines is 1. The number of H-pyrrole nitrogens is 1. The molecule has 20 heavy (non-hydrogen) atoms. The monoisotopic (exact) mass is 297 g/mol. The fourth-order valence-corrected chi connectivity index (χ4v) is 2.09. The second-order valence-corrected chi connectivity index (χ2v) is 4.56. The zero-order valence-corrected chi connectivity index (χ0v) is 10.6. The summed E-state index contributed by atoms with van der Waals surface area (Å²) in [5.41, 5.74) is 0.763. The summed E-state index contributed by atoms with van der Waals surface area (Å²) in [7, 11) is 0. The average molecular weight is 298 g/mol. The highest BCUT2D eigenvalue weighted by Crippen LogP contribution is 2.33. The number of nitrogens with zero attached hydrogens (tertiary/aromatic N) is 2. The maximum absolute atomic E-state index is 12.5. The SMILES string of the molecule is FC(F)(F)c1cnc(-c2nc3ccccc3[nH]2)c(Cl)c1. The number of benzene rings is 1. The lowest BCUT2D eigenvalue weighted by Gasteiger charge is -2.07. The number of pyridine rings is 1. The molecule has 0 fully saturated rings. The Kier molecular flexibility index (Phi) is 2.90. The zero-order chi connectivity index (χ0) is 14.3. The lowest BCUT2D eigenvalue weighted by Crippen LogP contribution is -2.06. The van der Waals surface area contributed by atoms with E-state index in [1.807, 2.05) is 18.2 Å². The van der Waals surface area contributed by atoms with E-state index in [4.69, 9.17) is 11.6 Å². The first kappa shape index (κ1) is 12.9. The van der Waals surface area contributed by atoms with Gasteiger partial charge in [-0.2, -0.15) is 13.2 Å². The van der Waals surface area contributed by atoms with E-state index in [-0.39, 0.29) is 10.7 Å². The van der Waals surface area contributed by atoms with E-state index in [2.05, 4.69) is 15.0 Å². The number of halogens is 4. The number of nitrogens with one attached hydrogen (secondary N) is 1. The summed E-state index contributed by atoms with van der Waals surface area (Å²) in [5, 5.41) is -0.0983. The van der Waals surface area contributed by atoms with Gasteiger partial charge in [0.25, 0.3) is 0 Å². The number of alkyl halides is 3. The van der Waals surface area contributed by atoms with E-state index in [0.29, 0.717) is 11.3 Å². The van der Waals surface area contributed by atoms with Crippen LogP contribution < -0.4 is 0 Å². The molecule has 3 nitrogen and oxygen atoms in total. The van der Waals surface area contributed by atoms with Gasteiger partial charge in [-0.1, -0.05) is 23.7 Å². The summed E-state index contributed by atoms with van der Waals surface area (Å²) in [6, 6.07) is 8.08. The first-order chi connectivity index (χ1) is 9.45. The Morgan fingerprint density at radius 3 is 2.55 bits per heavy atom. The lowest BCUT2D eigenvalue weighted by atomic mass is 10.2. The fraction of sp³-hybridized carbons (Fsp3) is 0.0769. The fourth-order valence-electron chi connectivity index (χ4n) is 1.83. The molecule has 0 saturated carbocycles. The van der Waals surface area contributed by atoms with Crippen molar-refractivity contribution < 1.29 is 13.2 Å². The third-order valence-electron chi connectivity index (χ3n) is 2.78. The van der Waals surface area contributed by atoms with E-state index >= 15 is 0 Å². The minimum Gasteiger partial charge on any atom is -0.337 e. The van der Waals surface area contributed by atoms with Crippen molar-refractivity contribution in [1.82, 2.24) is 15.0 Å². The Morgan fingerprint density at radius 1 is 1.15 bits per heavy atom. The van der Waals surface area contributed by atoms with Gasteiger partial charge in [-0.25, -0.2) is 4.98 Å². The van der Waals surface area contributed by atoms with Gasteiger partial charge in [0.1, 0.15) is 5.69 Å². The average Bonchev–Trinajstić information content (AvgIpc) is 2.80. The molecule has 0 radical (unpaired) electrons. The predicted molar refractivity (Wildman–Crippen MR) is 69.3 cm³/mol. The van der Waals surface area contributed by atoms with Crippen LogP contribution in [0.15, 0.2) is 36.5 Å². The minimum atomic E-state index is -4.47. The van der Waals surface area contributed by atoms with Crippen LogP contribution in [-0.4, -0.2) is 15.0 Å². The first-order valence-corrected chi connectivity index (χ1v) is 6.01. The Morgan fingerprint density at radius 2 is 1.90 bits per heavy atom. The van der Waals surface area contributed by atoms with E-state index in [1.165, 1.54) is 0 Å². The lowest BCUT2D eigenvalue weighted by molar-refractivity contribution is -0.137. The van der Waals surface area contributed by atoms with Crippen LogP contribution in [0.2, 0.25) is 5.02 Å². The molecule has 0 saturated heterocycles. The summed E-state index contributed by atoms with van der Waals surface area (Å²) < 4.78 is 37.6. The number of fused-ring (bicyclic) bond motifs is 1. The Balaban J connectivity index is 2.10. The van der Waals surface area contributed by atoms with Crippen LogP contribution in [0.25, 0.3) is 22.6 Å². The van der Waals surface area contributed by atoms with E-state index < -0.39 is 11.7 Å². The molecule has 0 aliphatic carbocycles. The third-order valence-corrected chi connectivity index (χ3v) is 3.07. The van der Waals surface area contributed by atoms with Crippen LogP contribution in [-0.2, 0) is 6.18 Å². The van der Waals surface area contributed by atoms with Crippen LogP contribution in [0.4, 0.5) is 13.2 Å². The first-order valence-electron chi connectivity index (χ1n) is 5.63. The smallest absolute Gasteiger partial charge is 0.337 e. The van der Waals surface area contributed by atoms with Gasteiger partial charge in [0, 0.05) is 6.20 Å². The molecular weight excluding hydrogens is 291 g/mol. The highest BCUT2D eigenvalue weighted by atomic mass is 35.5. The van der Waals surface area contributed by atoms with Gasteiger partial charge >= 0.3 is 6.18 Å². The van der Waals surface area contributed by atoms with Gasteiger partial charge in [-0.3, -0.25) is 4.98 Å². The van der Waals surface area contributed by atoms with Crippen molar-refractivity contribution in [2.45, 2.75) is 6.18 Å². The summed E-state index contributed by atoms with van der Waals surface area (Å²) in [6.45, 7) is 0. The van der Waals surface area contributed by atoms with E-state index in [1.54, 1.807) is 6.07 Å². The summed E-state index contributed by atoms with van der Waals surface area (Å²) in [4.78, 5) is 11.0. The zero-order valence-electron chi connectivity index (χ0n) is 9.87. The van der Waals surface area contributed by atoms with Crippen LogP contribution in [0.3, 0.4) is 0 Å².